The molecule has 1 fully saturated rings. The van der Waals surface area contributed by atoms with Crippen molar-refractivity contribution >= 4 is 51.3 Å². The second-order valence-corrected chi connectivity index (χ2v) is 9.94. The van der Waals surface area contributed by atoms with E-state index in [0.717, 1.165) is 47.5 Å². The average molecular weight is 544 g/mol. The van der Waals surface area contributed by atoms with Gasteiger partial charge in [0.25, 0.3) is 0 Å². The number of halogens is 1. The van der Waals surface area contributed by atoms with Crippen molar-refractivity contribution in [3.05, 3.63) is 84.4 Å². The highest BCUT2D eigenvalue weighted by Gasteiger charge is 2.26. The molecule has 0 aliphatic carbocycles. The number of anilines is 4. The predicted molar refractivity (Wildman–Crippen MR) is 156 cm³/mol. The fourth-order valence-corrected chi connectivity index (χ4v) is 4.82. The van der Waals surface area contributed by atoms with Gasteiger partial charge in [0.05, 0.1) is 27.6 Å². The third-order valence-electron chi connectivity index (χ3n) is 6.73. The Balaban J connectivity index is 1.42. The molecule has 1 amide bonds. The lowest BCUT2D eigenvalue weighted by molar-refractivity contribution is -0.111. The van der Waals surface area contributed by atoms with Crippen LogP contribution in [0, 0.1) is 0 Å². The molecule has 2 N–H and O–H groups in total. The number of hydrogen-bond acceptors (Lipinski definition) is 8. The third kappa shape index (κ3) is 6.10. The fraction of sp³-hybridized carbons (Fsp3) is 0.241. The monoisotopic (exact) mass is 543 g/mol. The number of benzene rings is 2. The van der Waals surface area contributed by atoms with Gasteiger partial charge in [-0.1, -0.05) is 24.2 Å². The van der Waals surface area contributed by atoms with Crippen LogP contribution in [-0.2, 0) is 11.4 Å². The van der Waals surface area contributed by atoms with Gasteiger partial charge in [-0.15, -0.1) is 0 Å². The van der Waals surface area contributed by atoms with Gasteiger partial charge in [0, 0.05) is 36.4 Å². The van der Waals surface area contributed by atoms with E-state index in [-0.39, 0.29) is 5.91 Å². The summed E-state index contributed by atoms with van der Waals surface area (Å²) in [5.74, 6) is 0.867. The molecule has 0 spiro atoms. The second-order valence-electron chi connectivity index (χ2n) is 9.53. The summed E-state index contributed by atoms with van der Waals surface area (Å²) in [5.41, 5.74) is 3.91. The van der Waals surface area contributed by atoms with Gasteiger partial charge in [-0.2, -0.15) is 0 Å². The van der Waals surface area contributed by atoms with E-state index in [2.05, 4.69) is 56.1 Å². The van der Waals surface area contributed by atoms with Crippen molar-refractivity contribution in [2.45, 2.75) is 19.1 Å². The van der Waals surface area contributed by atoms with Crippen molar-refractivity contribution < 1.29 is 9.53 Å². The quantitative estimate of drug-likeness (QED) is 0.276. The molecule has 2 aromatic heterocycles. The van der Waals surface area contributed by atoms with Crippen LogP contribution in [0.4, 0.5) is 22.9 Å². The molecule has 5 rings (SSSR count). The Morgan fingerprint density at radius 3 is 2.79 bits per heavy atom. The minimum Gasteiger partial charge on any atom is -0.486 e. The summed E-state index contributed by atoms with van der Waals surface area (Å²) in [6, 6.07) is 15.5. The first-order valence-corrected chi connectivity index (χ1v) is 13.0. The summed E-state index contributed by atoms with van der Waals surface area (Å²) < 4.78 is 5.84. The number of likely N-dealkylation sites (N-methyl/N-ethyl adjacent to an activating group) is 1. The van der Waals surface area contributed by atoms with Gasteiger partial charge in [0.15, 0.2) is 0 Å². The van der Waals surface area contributed by atoms with E-state index in [4.69, 9.17) is 16.3 Å². The molecule has 2 aromatic carbocycles. The van der Waals surface area contributed by atoms with Crippen LogP contribution in [0.5, 0.6) is 5.75 Å². The molecular formula is C29H30ClN7O2. The average Bonchev–Trinajstić information content (AvgIpc) is 3.44. The number of nitrogens with zero attached hydrogens (tertiary/aromatic N) is 5. The maximum absolute atomic E-state index is 12.3. The van der Waals surface area contributed by atoms with Crippen LogP contribution in [0.25, 0.3) is 10.9 Å². The van der Waals surface area contributed by atoms with Gasteiger partial charge in [0.2, 0.25) is 5.91 Å². The second kappa shape index (κ2) is 11.7. The van der Waals surface area contributed by atoms with E-state index in [1.807, 2.05) is 36.4 Å². The van der Waals surface area contributed by atoms with Gasteiger partial charge in [-0.25, -0.2) is 9.97 Å². The third-order valence-corrected chi connectivity index (χ3v) is 7.02. The lowest BCUT2D eigenvalue weighted by Gasteiger charge is -2.24. The fourth-order valence-electron chi connectivity index (χ4n) is 4.59. The van der Waals surface area contributed by atoms with Crippen LogP contribution in [0.1, 0.15) is 12.1 Å². The Bertz CT molecular complexity index is 1500. The van der Waals surface area contributed by atoms with Gasteiger partial charge in [-0.3, -0.25) is 9.78 Å². The first-order valence-electron chi connectivity index (χ1n) is 12.6. The molecule has 4 aromatic rings. The summed E-state index contributed by atoms with van der Waals surface area (Å²) in [6.45, 7) is 5.67. The molecule has 0 radical (unpaired) electrons. The number of carbonyl (C=O) groups excluding carboxylic acids is 1. The standard InChI is InChI=1S/C29H30ClN7O2/c1-4-28(38)35-25-14-22-24(15-26(25)37-12-10-21(16-37)36(2)3)32-18-33-29(22)34-19-8-9-27(23(30)13-19)39-17-20-7-5-6-11-31-20/h4-9,11,13-15,18,21H,1,10,12,16-17H2,2-3H3,(H,35,38)(H,32,33,34). The molecule has 9 nitrogen and oxygen atoms in total. The largest absolute Gasteiger partial charge is 0.486 e. The van der Waals surface area contributed by atoms with Crippen molar-refractivity contribution in [1.82, 2.24) is 19.9 Å². The first kappa shape index (κ1) is 26.4. The highest BCUT2D eigenvalue weighted by atomic mass is 35.5. The Kier molecular flexibility index (Phi) is 7.90. The minimum atomic E-state index is -0.279. The first-order chi connectivity index (χ1) is 18.9. The molecule has 39 heavy (non-hydrogen) atoms. The van der Waals surface area contributed by atoms with Crippen LogP contribution < -0.4 is 20.3 Å². The molecule has 1 saturated heterocycles. The van der Waals surface area contributed by atoms with Crippen molar-refractivity contribution in [3.8, 4) is 5.75 Å². The highest BCUT2D eigenvalue weighted by Crippen LogP contribution is 2.37. The van der Waals surface area contributed by atoms with Crippen LogP contribution in [0.15, 0.2) is 73.7 Å². The molecule has 200 valence electrons. The number of pyridine rings is 1. The van der Waals surface area contributed by atoms with E-state index in [1.54, 1.807) is 18.3 Å². The van der Waals surface area contributed by atoms with Crippen molar-refractivity contribution in [3.63, 3.8) is 0 Å². The smallest absolute Gasteiger partial charge is 0.247 e. The molecule has 1 unspecified atom stereocenters. The van der Waals surface area contributed by atoms with Crippen molar-refractivity contribution in [1.29, 1.82) is 0 Å². The summed E-state index contributed by atoms with van der Waals surface area (Å²) in [6.07, 6.45) is 5.55. The number of rotatable bonds is 9. The topological polar surface area (TPSA) is 95.5 Å². The van der Waals surface area contributed by atoms with E-state index in [9.17, 15) is 4.79 Å². The Hall–Kier alpha value is -4.21. The summed E-state index contributed by atoms with van der Waals surface area (Å²) >= 11 is 6.52. The SMILES string of the molecule is C=CC(=O)Nc1cc2c(Nc3ccc(OCc4ccccn4)c(Cl)c3)ncnc2cc1N1CCC(N(C)C)C1. The number of ether oxygens (including phenoxy) is 1. The van der Waals surface area contributed by atoms with Gasteiger partial charge < -0.3 is 25.2 Å². The number of hydrogen-bond donors (Lipinski definition) is 2. The maximum atomic E-state index is 12.3. The number of carbonyl (C=O) groups is 1. The Morgan fingerprint density at radius 1 is 1.21 bits per heavy atom. The van der Waals surface area contributed by atoms with Crippen LogP contribution in [0.2, 0.25) is 5.02 Å². The zero-order valence-electron chi connectivity index (χ0n) is 21.9. The lowest BCUT2D eigenvalue weighted by atomic mass is 10.1. The van der Waals surface area contributed by atoms with Crippen molar-refractivity contribution in [2.24, 2.45) is 0 Å². The zero-order chi connectivity index (χ0) is 27.4. The summed E-state index contributed by atoms with van der Waals surface area (Å²) in [7, 11) is 4.18. The van der Waals surface area contributed by atoms with E-state index < -0.39 is 0 Å². The van der Waals surface area contributed by atoms with Crippen molar-refractivity contribution in [2.75, 3.05) is 42.7 Å². The molecular weight excluding hydrogens is 514 g/mol. The highest BCUT2D eigenvalue weighted by molar-refractivity contribution is 6.32. The molecule has 1 atom stereocenters. The van der Waals surface area contributed by atoms with E-state index in [1.165, 1.54) is 12.4 Å². The Morgan fingerprint density at radius 2 is 2.08 bits per heavy atom. The number of fused-ring (bicyclic) bond motifs is 1. The van der Waals surface area contributed by atoms with E-state index in [0.29, 0.717) is 34.9 Å². The van der Waals surface area contributed by atoms with E-state index >= 15 is 0 Å². The molecule has 3 heterocycles. The van der Waals surface area contributed by atoms with Crippen LogP contribution in [0.3, 0.4) is 0 Å². The number of amides is 1. The summed E-state index contributed by atoms with van der Waals surface area (Å²) in [5, 5.41) is 7.53. The molecule has 10 heteroatoms. The maximum Gasteiger partial charge on any atom is 0.247 e. The predicted octanol–water partition coefficient (Wildman–Crippen LogP) is 5.27. The van der Waals surface area contributed by atoms with Gasteiger partial charge >= 0.3 is 0 Å². The number of nitrogens with one attached hydrogen (secondary N) is 2. The summed E-state index contributed by atoms with van der Waals surface area (Å²) in [4.78, 5) is 30.1. The Labute approximate surface area is 232 Å². The molecule has 0 saturated carbocycles. The minimum absolute atomic E-state index is 0.279. The number of aromatic nitrogens is 3. The molecule has 0 bridgehead atoms. The molecule has 1 aliphatic heterocycles. The van der Waals surface area contributed by atoms with Gasteiger partial charge in [-0.05, 0) is 69.1 Å². The van der Waals surface area contributed by atoms with Crippen LogP contribution in [-0.4, -0.2) is 59.0 Å². The lowest BCUT2D eigenvalue weighted by Crippen LogP contribution is -2.31. The van der Waals surface area contributed by atoms with Crippen LogP contribution >= 0.6 is 11.6 Å². The van der Waals surface area contributed by atoms with Gasteiger partial charge in [0.1, 0.15) is 24.5 Å². The normalized spacial score (nSPS) is 15.0. The molecule has 1 aliphatic rings. The zero-order valence-corrected chi connectivity index (χ0v) is 22.7.